The smallest absolute Gasteiger partial charge is 0.233 e. The molecule has 0 saturated heterocycles. The Hall–Kier alpha value is -3.32. The van der Waals surface area contributed by atoms with Crippen LogP contribution in [-0.4, -0.2) is 26.9 Å². The maximum atomic E-state index is 13.6. The number of hydrogen-bond acceptors (Lipinski definition) is 5. The van der Waals surface area contributed by atoms with Crippen LogP contribution in [0.25, 0.3) is 22.4 Å². The van der Waals surface area contributed by atoms with Crippen LogP contribution in [-0.2, 0) is 6.54 Å². The molecule has 0 saturated carbocycles. The summed E-state index contributed by atoms with van der Waals surface area (Å²) in [5, 5.41) is 1.94. The highest BCUT2D eigenvalue weighted by Gasteiger charge is 2.26. The summed E-state index contributed by atoms with van der Waals surface area (Å²) in [4.78, 5) is 21.9. The van der Waals surface area contributed by atoms with Gasteiger partial charge in [0.2, 0.25) is 11.7 Å². The fraction of sp³-hybridized carbons (Fsp3) is 0.115. The minimum Gasteiger partial charge on any atom is -0.494 e. The maximum Gasteiger partial charge on any atom is 0.233 e. The fourth-order valence-electron chi connectivity index (χ4n) is 3.88. The number of oxazole rings is 1. The molecule has 0 aliphatic heterocycles. The Morgan fingerprint density at radius 1 is 1.06 bits per heavy atom. The molecule has 0 bridgehead atoms. The van der Waals surface area contributed by atoms with Crippen LogP contribution in [0.1, 0.15) is 28.6 Å². The number of carbonyl (C=O) groups excluding carboxylic acids is 1. The van der Waals surface area contributed by atoms with Crippen molar-refractivity contribution in [3.05, 3.63) is 99.2 Å². The quantitative estimate of drug-likeness (QED) is 0.208. The molecule has 5 rings (SSSR count). The SMILES string of the molecule is CCOc1ccc2c(c1)c(C(=O)c1cnc(-c3ccncc3)o1)c(Cl)n2Cc1ccc(Cl)cc1Cl. The average Bonchev–Trinajstić information content (AvgIpc) is 3.45. The van der Waals surface area contributed by atoms with E-state index in [1.54, 1.807) is 42.7 Å². The number of halogens is 3. The van der Waals surface area contributed by atoms with E-state index in [-0.39, 0.29) is 16.7 Å². The molecule has 6 nitrogen and oxygen atoms in total. The summed E-state index contributed by atoms with van der Waals surface area (Å²) >= 11 is 19.3. The lowest BCUT2D eigenvalue weighted by Gasteiger charge is -2.10. The fourth-order valence-corrected chi connectivity index (χ4v) is 4.69. The molecular weight excluding hydrogens is 509 g/mol. The lowest BCUT2D eigenvalue weighted by Crippen LogP contribution is -2.03. The average molecular weight is 527 g/mol. The van der Waals surface area contributed by atoms with Gasteiger partial charge in [-0.2, -0.15) is 0 Å². The van der Waals surface area contributed by atoms with Gasteiger partial charge >= 0.3 is 0 Å². The minimum absolute atomic E-state index is 0.0732. The van der Waals surface area contributed by atoms with Gasteiger partial charge in [-0.15, -0.1) is 0 Å². The minimum atomic E-state index is -0.387. The number of fused-ring (bicyclic) bond motifs is 1. The summed E-state index contributed by atoms with van der Waals surface area (Å²) < 4.78 is 13.3. The molecule has 0 aliphatic carbocycles. The van der Waals surface area contributed by atoms with Gasteiger partial charge in [0.05, 0.1) is 30.4 Å². The topological polar surface area (TPSA) is 70.2 Å². The molecule has 0 aliphatic rings. The van der Waals surface area contributed by atoms with Gasteiger partial charge in [-0.3, -0.25) is 9.78 Å². The van der Waals surface area contributed by atoms with Crippen LogP contribution in [0.2, 0.25) is 15.2 Å². The number of rotatable bonds is 7. The first kappa shape index (κ1) is 23.4. The van der Waals surface area contributed by atoms with Crippen LogP contribution < -0.4 is 4.74 Å². The molecule has 3 heterocycles. The molecular formula is C26H18Cl3N3O3. The van der Waals surface area contributed by atoms with Crippen molar-refractivity contribution in [2.24, 2.45) is 0 Å². The van der Waals surface area contributed by atoms with Gasteiger partial charge in [-0.1, -0.05) is 40.9 Å². The van der Waals surface area contributed by atoms with Crippen LogP contribution in [0.3, 0.4) is 0 Å². The number of benzene rings is 2. The van der Waals surface area contributed by atoms with Crippen LogP contribution in [0.15, 0.2) is 71.5 Å². The van der Waals surface area contributed by atoms with Crippen molar-refractivity contribution in [3.63, 3.8) is 0 Å². The van der Waals surface area contributed by atoms with Gasteiger partial charge in [0.1, 0.15) is 10.9 Å². The molecule has 9 heteroatoms. The molecule has 0 N–H and O–H groups in total. The van der Waals surface area contributed by atoms with Crippen molar-refractivity contribution in [2.75, 3.05) is 6.61 Å². The number of ether oxygens (including phenoxy) is 1. The van der Waals surface area contributed by atoms with E-state index in [0.29, 0.717) is 51.4 Å². The van der Waals surface area contributed by atoms with Crippen molar-refractivity contribution in [3.8, 4) is 17.2 Å². The van der Waals surface area contributed by atoms with Gasteiger partial charge in [0.15, 0.2) is 5.76 Å². The molecule has 0 amide bonds. The highest BCUT2D eigenvalue weighted by molar-refractivity contribution is 6.37. The number of hydrogen-bond donors (Lipinski definition) is 0. The van der Waals surface area contributed by atoms with Crippen molar-refractivity contribution < 1.29 is 13.9 Å². The van der Waals surface area contributed by atoms with Gasteiger partial charge in [0, 0.05) is 33.4 Å². The summed E-state index contributed by atoms with van der Waals surface area (Å²) in [6.45, 7) is 2.72. The highest BCUT2D eigenvalue weighted by Crippen LogP contribution is 2.36. The molecule has 5 aromatic rings. The summed E-state index contributed by atoms with van der Waals surface area (Å²) in [6, 6.07) is 14.3. The molecule has 0 spiro atoms. The van der Waals surface area contributed by atoms with Gasteiger partial charge in [-0.05, 0) is 55.0 Å². The molecule has 3 aromatic heterocycles. The van der Waals surface area contributed by atoms with E-state index in [9.17, 15) is 4.79 Å². The Bertz CT molecular complexity index is 1540. The van der Waals surface area contributed by atoms with Gasteiger partial charge in [0.25, 0.3) is 0 Å². The second-order valence-electron chi connectivity index (χ2n) is 7.69. The van der Waals surface area contributed by atoms with E-state index in [0.717, 1.165) is 11.1 Å². The molecule has 0 radical (unpaired) electrons. The molecule has 0 fully saturated rings. The molecule has 2 aromatic carbocycles. The molecule has 0 unspecified atom stereocenters. The normalized spacial score (nSPS) is 11.2. The third-order valence-electron chi connectivity index (χ3n) is 5.51. The van der Waals surface area contributed by atoms with E-state index in [1.165, 1.54) is 6.20 Å². The van der Waals surface area contributed by atoms with Gasteiger partial charge in [-0.25, -0.2) is 4.98 Å². The van der Waals surface area contributed by atoms with Crippen LogP contribution in [0, 0.1) is 0 Å². The van der Waals surface area contributed by atoms with Gasteiger partial charge < -0.3 is 13.7 Å². The summed E-state index contributed by atoms with van der Waals surface area (Å²) in [5.74, 6) is 0.632. The van der Waals surface area contributed by atoms with E-state index in [2.05, 4.69) is 9.97 Å². The Kier molecular flexibility index (Phi) is 6.52. The zero-order valence-corrected chi connectivity index (χ0v) is 20.7. The summed E-state index contributed by atoms with van der Waals surface area (Å²) in [7, 11) is 0. The predicted octanol–water partition coefficient (Wildman–Crippen LogP) is 7.33. The third kappa shape index (κ3) is 4.52. The Labute approximate surface area is 216 Å². The predicted molar refractivity (Wildman–Crippen MR) is 137 cm³/mol. The monoisotopic (exact) mass is 525 g/mol. The zero-order chi connectivity index (χ0) is 24.5. The number of carbonyl (C=O) groups is 1. The van der Waals surface area contributed by atoms with Crippen molar-refractivity contribution in [1.29, 1.82) is 0 Å². The summed E-state index contributed by atoms with van der Waals surface area (Å²) in [6.07, 6.45) is 4.66. The Morgan fingerprint density at radius 3 is 2.60 bits per heavy atom. The second kappa shape index (κ2) is 9.74. The van der Waals surface area contributed by atoms with E-state index in [4.69, 9.17) is 44.0 Å². The number of nitrogens with zero attached hydrogens (tertiary/aromatic N) is 3. The first-order valence-electron chi connectivity index (χ1n) is 10.8. The molecule has 176 valence electrons. The van der Waals surface area contributed by atoms with Crippen molar-refractivity contribution >= 4 is 51.5 Å². The standard InChI is InChI=1S/C26H18Cl3N3O3/c1-2-34-18-5-6-21-19(12-18)23(25(29)32(21)14-16-3-4-17(27)11-20(16)28)24(33)22-13-31-26(35-22)15-7-9-30-10-8-15/h3-13H,2,14H2,1H3. The second-order valence-corrected chi connectivity index (χ2v) is 8.90. The summed E-state index contributed by atoms with van der Waals surface area (Å²) in [5.41, 5.74) is 2.57. The van der Waals surface area contributed by atoms with Crippen molar-refractivity contribution in [2.45, 2.75) is 13.5 Å². The third-order valence-corrected chi connectivity index (χ3v) is 6.49. The van der Waals surface area contributed by atoms with Crippen LogP contribution >= 0.6 is 34.8 Å². The number of ketones is 1. The van der Waals surface area contributed by atoms with E-state index < -0.39 is 0 Å². The maximum absolute atomic E-state index is 13.6. The van der Waals surface area contributed by atoms with Crippen LogP contribution in [0.4, 0.5) is 0 Å². The first-order valence-corrected chi connectivity index (χ1v) is 11.9. The Morgan fingerprint density at radius 2 is 1.86 bits per heavy atom. The van der Waals surface area contributed by atoms with E-state index >= 15 is 0 Å². The van der Waals surface area contributed by atoms with Crippen molar-refractivity contribution in [1.82, 2.24) is 14.5 Å². The number of pyridine rings is 1. The highest BCUT2D eigenvalue weighted by atomic mass is 35.5. The lowest BCUT2D eigenvalue weighted by molar-refractivity contribution is 0.101. The van der Waals surface area contributed by atoms with Crippen LogP contribution in [0.5, 0.6) is 5.75 Å². The molecule has 35 heavy (non-hydrogen) atoms. The zero-order valence-electron chi connectivity index (χ0n) is 18.5. The first-order chi connectivity index (χ1) is 17.0. The largest absolute Gasteiger partial charge is 0.494 e. The number of aromatic nitrogens is 3. The lowest BCUT2D eigenvalue weighted by atomic mass is 10.1. The molecule has 0 atom stereocenters. The Balaban J connectivity index is 1.62. The van der Waals surface area contributed by atoms with E-state index in [1.807, 2.05) is 29.7 Å².